The minimum Gasteiger partial charge on any atom is -0.465 e. The van der Waals surface area contributed by atoms with Crippen LogP contribution in [0.25, 0.3) is 10.9 Å². The Morgan fingerprint density at radius 1 is 1.47 bits per heavy atom. The van der Waals surface area contributed by atoms with Gasteiger partial charge < -0.3 is 4.74 Å². The maximum atomic E-state index is 11.6. The lowest BCUT2D eigenvalue weighted by atomic mass is 10.1. The zero-order valence-electron chi connectivity index (χ0n) is 9.31. The molecule has 0 aliphatic rings. The summed E-state index contributed by atoms with van der Waals surface area (Å²) in [6.07, 6.45) is 2.28. The van der Waals surface area contributed by atoms with Gasteiger partial charge in [0.05, 0.1) is 24.4 Å². The van der Waals surface area contributed by atoms with Crippen molar-refractivity contribution in [3.8, 4) is 0 Å². The molecule has 1 heterocycles. The summed E-state index contributed by atoms with van der Waals surface area (Å²) in [5.41, 5.74) is 2.28. The van der Waals surface area contributed by atoms with Crippen molar-refractivity contribution in [1.82, 2.24) is 10.2 Å². The van der Waals surface area contributed by atoms with Gasteiger partial charge in [-0.05, 0) is 12.0 Å². The van der Waals surface area contributed by atoms with Gasteiger partial charge in [-0.3, -0.25) is 0 Å². The monoisotopic (exact) mass is 294 g/mol. The van der Waals surface area contributed by atoms with E-state index in [1.165, 1.54) is 13.3 Å². The van der Waals surface area contributed by atoms with Crippen LogP contribution in [0.3, 0.4) is 0 Å². The number of methoxy groups -OCH3 is 1. The van der Waals surface area contributed by atoms with E-state index in [9.17, 15) is 4.79 Å². The first-order valence-corrected chi connectivity index (χ1v) is 6.27. The van der Waals surface area contributed by atoms with E-state index in [4.69, 9.17) is 4.74 Å². The average Bonchev–Trinajstić information content (AvgIpc) is 2.38. The third kappa shape index (κ3) is 2.29. The number of halogens is 1. The Morgan fingerprint density at radius 2 is 2.29 bits per heavy atom. The van der Waals surface area contributed by atoms with Crippen LogP contribution in [0, 0.1) is 0 Å². The number of carbonyl (C=O) groups excluding carboxylic acids is 1. The van der Waals surface area contributed by atoms with Crippen LogP contribution in [0.1, 0.15) is 15.9 Å². The van der Waals surface area contributed by atoms with Gasteiger partial charge in [0.25, 0.3) is 0 Å². The molecule has 0 atom stereocenters. The van der Waals surface area contributed by atoms with Crippen molar-refractivity contribution < 1.29 is 9.53 Å². The molecule has 0 aliphatic carbocycles. The van der Waals surface area contributed by atoms with Crippen LogP contribution in [-0.4, -0.2) is 28.6 Å². The molecule has 0 radical (unpaired) electrons. The Labute approximate surface area is 107 Å². The highest BCUT2D eigenvalue weighted by molar-refractivity contribution is 9.09. The third-order valence-electron chi connectivity index (χ3n) is 2.52. The number of ether oxygens (including phenoxy) is 1. The molecular weight excluding hydrogens is 284 g/mol. The van der Waals surface area contributed by atoms with Crippen molar-refractivity contribution in [3.05, 3.63) is 35.5 Å². The Kier molecular flexibility index (Phi) is 3.68. The van der Waals surface area contributed by atoms with Gasteiger partial charge in [0.1, 0.15) is 0 Å². The topological polar surface area (TPSA) is 52.1 Å². The fourth-order valence-electron chi connectivity index (χ4n) is 1.72. The molecule has 0 spiro atoms. The molecule has 1 aromatic heterocycles. The maximum Gasteiger partial charge on any atom is 0.340 e. The normalized spacial score (nSPS) is 10.5. The number of aromatic nitrogens is 2. The van der Waals surface area contributed by atoms with E-state index in [-0.39, 0.29) is 5.97 Å². The number of alkyl halides is 1. The smallest absolute Gasteiger partial charge is 0.340 e. The summed E-state index contributed by atoms with van der Waals surface area (Å²) in [4.78, 5) is 11.6. The molecule has 0 unspecified atom stereocenters. The van der Waals surface area contributed by atoms with Gasteiger partial charge in [-0.15, -0.1) is 0 Å². The van der Waals surface area contributed by atoms with Crippen LogP contribution in [0.15, 0.2) is 24.4 Å². The highest BCUT2D eigenvalue weighted by atomic mass is 79.9. The van der Waals surface area contributed by atoms with Crippen LogP contribution in [0.5, 0.6) is 0 Å². The molecule has 0 fully saturated rings. The number of fused-ring (bicyclic) bond motifs is 1. The zero-order chi connectivity index (χ0) is 12.3. The van der Waals surface area contributed by atoms with Crippen LogP contribution in [-0.2, 0) is 11.2 Å². The predicted octanol–water partition coefficient (Wildman–Crippen LogP) is 2.35. The molecule has 0 aliphatic heterocycles. The molecule has 0 bridgehead atoms. The second-order valence-corrected chi connectivity index (χ2v) is 4.30. The van der Waals surface area contributed by atoms with Gasteiger partial charge >= 0.3 is 5.97 Å². The van der Waals surface area contributed by atoms with Gasteiger partial charge in [-0.1, -0.05) is 34.1 Å². The Morgan fingerprint density at radius 3 is 3.00 bits per heavy atom. The van der Waals surface area contributed by atoms with Gasteiger partial charge in [-0.25, -0.2) is 4.79 Å². The van der Waals surface area contributed by atoms with Crippen molar-refractivity contribution in [2.45, 2.75) is 6.42 Å². The van der Waals surface area contributed by atoms with Crippen molar-refractivity contribution >= 4 is 32.8 Å². The standard InChI is InChI=1S/C12H11BrN2O2/c1-17-12(16)10-7-14-15-11-8(5-6-13)3-2-4-9(10)11/h2-4,7H,5-6H2,1H3. The lowest BCUT2D eigenvalue weighted by Crippen LogP contribution is -2.05. The van der Waals surface area contributed by atoms with Gasteiger partial charge in [0.2, 0.25) is 0 Å². The summed E-state index contributed by atoms with van der Waals surface area (Å²) in [6, 6.07) is 5.75. The molecule has 4 nitrogen and oxygen atoms in total. The quantitative estimate of drug-likeness (QED) is 0.644. The number of rotatable bonds is 3. The molecule has 0 N–H and O–H groups in total. The Hall–Kier alpha value is -1.49. The molecule has 17 heavy (non-hydrogen) atoms. The van der Waals surface area contributed by atoms with Crippen molar-refractivity contribution in [2.75, 3.05) is 12.4 Å². The van der Waals surface area contributed by atoms with E-state index in [1.54, 1.807) is 0 Å². The Balaban J connectivity index is 2.65. The summed E-state index contributed by atoms with van der Waals surface area (Å²) in [6.45, 7) is 0. The molecule has 2 rings (SSSR count). The van der Waals surface area contributed by atoms with Gasteiger partial charge in [0.15, 0.2) is 0 Å². The molecular formula is C12H11BrN2O2. The molecule has 88 valence electrons. The van der Waals surface area contributed by atoms with Crippen LogP contribution in [0.4, 0.5) is 0 Å². The fourth-order valence-corrected chi connectivity index (χ4v) is 2.14. The van der Waals surface area contributed by atoms with Gasteiger partial charge in [0, 0.05) is 10.7 Å². The molecule has 1 aromatic carbocycles. The lowest BCUT2D eigenvalue weighted by Gasteiger charge is -2.06. The largest absolute Gasteiger partial charge is 0.465 e. The number of carbonyl (C=O) groups is 1. The number of hydrogen-bond acceptors (Lipinski definition) is 4. The summed E-state index contributed by atoms with van der Waals surface area (Å²) in [7, 11) is 1.36. The molecule has 0 saturated heterocycles. The predicted molar refractivity (Wildman–Crippen MR) is 68.4 cm³/mol. The summed E-state index contributed by atoms with van der Waals surface area (Å²) in [5, 5.41) is 9.58. The molecule has 0 amide bonds. The van der Waals surface area contributed by atoms with Crippen molar-refractivity contribution in [1.29, 1.82) is 0 Å². The lowest BCUT2D eigenvalue weighted by molar-refractivity contribution is 0.0602. The highest BCUT2D eigenvalue weighted by Crippen LogP contribution is 2.20. The summed E-state index contributed by atoms with van der Waals surface area (Å²) < 4.78 is 4.73. The second kappa shape index (κ2) is 5.23. The molecule has 5 heteroatoms. The first kappa shape index (κ1) is 12.0. The zero-order valence-corrected chi connectivity index (χ0v) is 10.9. The van der Waals surface area contributed by atoms with Gasteiger partial charge in [-0.2, -0.15) is 10.2 Å². The minimum atomic E-state index is -0.388. The highest BCUT2D eigenvalue weighted by Gasteiger charge is 2.13. The van der Waals surface area contributed by atoms with Crippen LogP contribution in [0.2, 0.25) is 0 Å². The number of hydrogen-bond donors (Lipinski definition) is 0. The SMILES string of the molecule is COC(=O)c1cnnc2c(CCBr)cccc12. The van der Waals surface area contributed by atoms with Crippen molar-refractivity contribution in [2.24, 2.45) is 0 Å². The number of aryl methyl sites for hydroxylation is 1. The van der Waals surface area contributed by atoms with E-state index in [0.717, 1.165) is 28.2 Å². The Bertz CT molecular complexity index is 557. The third-order valence-corrected chi connectivity index (χ3v) is 2.92. The van der Waals surface area contributed by atoms with E-state index < -0.39 is 0 Å². The number of benzene rings is 1. The first-order chi connectivity index (χ1) is 8.27. The molecule has 2 aromatic rings. The minimum absolute atomic E-state index is 0.388. The molecule has 0 saturated carbocycles. The average molecular weight is 295 g/mol. The van der Waals surface area contributed by atoms with Crippen molar-refractivity contribution in [3.63, 3.8) is 0 Å². The first-order valence-electron chi connectivity index (χ1n) is 5.15. The summed E-state index contributed by atoms with van der Waals surface area (Å²) >= 11 is 3.39. The van der Waals surface area contributed by atoms with E-state index in [0.29, 0.717) is 5.56 Å². The van der Waals surface area contributed by atoms with E-state index in [1.807, 2.05) is 18.2 Å². The second-order valence-electron chi connectivity index (χ2n) is 3.50. The van der Waals surface area contributed by atoms with E-state index in [2.05, 4.69) is 26.1 Å². The van der Waals surface area contributed by atoms with E-state index >= 15 is 0 Å². The number of nitrogens with zero attached hydrogens (tertiary/aromatic N) is 2. The van der Waals surface area contributed by atoms with Crippen LogP contribution < -0.4 is 0 Å². The summed E-state index contributed by atoms with van der Waals surface area (Å²) in [5.74, 6) is -0.388. The van der Waals surface area contributed by atoms with Crippen LogP contribution >= 0.6 is 15.9 Å². The number of esters is 1. The maximum absolute atomic E-state index is 11.6. The fraction of sp³-hybridized carbons (Fsp3) is 0.250.